The lowest BCUT2D eigenvalue weighted by Gasteiger charge is -2.57. The van der Waals surface area contributed by atoms with E-state index in [1.807, 2.05) is 0 Å². The normalized spacial score (nSPS) is 43.5. The summed E-state index contributed by atoms with van der Waals surface area (Å²) in [6.45, 7) is 5.02. The molecular weight excluding hydrogens is 420 g/mol. The molecule has 7 heteroatoms. The standard InChI is InChI=1S/C26H38N2O5/c1-25-11-9-17(27-33-15-23(30)28-13-3-4-21(28)24(31)32)14-16(25)5-6-18-19-7-8-22(29)26(19,2)12-10-20(18)25/h14,18-22,29H,3-13,15H2,1-2H3,(H,31,32)/t18-,19+,20-,21-,22-,25+,26+/m1/s1. The van der Waals surface area contributed by atoms with Gasteiger partial charge in [0.05, 0.1) is 11.8 Å². The van der Waals surface area contributed by atoms with Crippen molar-refractivity contribution in [3.63, 3.8) is 0 Å². The molecule has 7 atom stereocenters. The van der Waals surface area contributed by atoms with Gasteiger partial charge in [-0.15, -0.1) is 0 Å². The van der Waals surface area contributed by atoms with Crippen molar-refractivity contribution in [1.29, 1.82) is 0 Å². The summed E-state index contributed by atoms with van der Waals surface area (Å²) in [5.74, 6) is 0.775. The van der Waals surface area contributed by atoms with Gasteiger partial charge in [-0.05, 0) is 98.9 Å². The van der Waals surface area contributed by atoms with Crippen LogP contribution in [0.4, 0.5) is 0 Å². The number of aliphatic hydroxyl groups is 1. The van der Waals surface area contributed by atoms with E-state index in [0.717, 1.165) is 37.8 Å². The summed E-state index contributed by atoms with van der Waals surface area (Å²) in [7, 11) is 0. The number of carboxylic acid groups (broad SMARTS) is 1. The van der Waals surface area contributed by atoms with E-state index in [2.05, 4.69) is 25.1 Å². The molecule has 0 bridgehead atoms. The molecule has 4 fully saturated rings. The highest BCUT2D eigenvalue weighted by molar-refractivity contribution is 5.96. The molecule has 182 valence electrons. The number of hydrogen-bond acceptors (Lipinski definition) is 5. The maximum atomic E-state index is 12.4. The topological polar surface area (TPSA) is 99.4 Å². The van der Waals surface area contributed by atoms with Crippen LogP contribution in [-0.4, -0.2) is 58.0 Å². The lowest BCUT2D eigenvalue weighted by Crippen LogP contribution is -2.51. The molecule has 33 heavy (non-hydrogen) atoms. The first-order valence-electron chi connectivity index (χ1n) is 12.8. The van der Waals surface area contributed by atoms with Gasteiger partial charge in [-0.25, -0.2) is 4.79 Å². The molecule has 1 heterocycles. The van der Waals surface area contributed by atoms with Crippen LogP contribution >= 0.6 is 0 Å². The largest absolute Gasteiger partial charge is 0.480 e. The van der Waals surface area contributed by atoms with Gasteiger partial charge in [0.2, 0.25) is 0 Å². The SMILES string of the molecule is C[C@]12CC[C@@H]3[C@H](CCC4=CC(=NOCC(=O)N5CCC[C@@H]5C(=O)O)CC[C@@]43C)[C@@H]1CC[C@H]2O. The van der Waals surface area contributed by atoms with Gasteiger partial charge >= 0.3 is 5.97 Å². The summed E-state index contributed by atoms with van der Waals surface area (Å²) in [4.78, 5) is 30.5. The predicted molar refractivity (Wildman–Crippen MR) is 123 cm³/mol. The summed E-state index contributed by atoms with van der Waals surface area (Å²) >= 11 is 0. The Bertz CT molecular complexity index is 884. The average molecular weight is 459 g/mol. The Morgan fingerprint density at radius 2 is 1.94 bits per heavy atom. The predicted octanol–water partition coefficient (Wildman–Crippen LogP) is 3.76. The van der Waals surface area contributed by atoms with Gasteiger partial charge in [-0.2, -0.15) is 0 Å². The second-order valence-corrected chi connectivity index (χ2v) is 11.6. The van der Waals surface area contributed by atoms with Gasteiger partial charge in [-0.1, -0.05) is 24.6 Å². The van der Waals surface area contributed by atoms with E-state index in [4.69, 9.17) is 4.84 Å². The number of aliphatic carboxylic acids is 1. The minimum atomic E-state index is -0.950. The van der Waals surface area contributed by atoms with Gasteiger partial charge in [0.1, 0.15) is 6.04 Å². The van der Waals surface area contributed by atoms with E-state index in [-0.39, 0.29) is 29.4 Å². The molecule has 0 aromatic heterocycles. The zero-order chi connectivity index (χ0) is 23.4. The van der Waals surface area contributed by atoms with Crippen molar-refractivity contribution in [1.82, 2.24) is 4.90 Å². The second-order valence-electron chi connectivity index (χ2n) is 11.6. The van der Waals surface area contributed by atoms with E-state index in [0.29, 0.717) is 37.1 Å². The van der Waals surface area contributed by atoms with E-state index in [9.17, 15) is 19.8 Å². The molecule has 5 aliphatic rings. The molecule has 0 aromatic carbocycles. The Morgan fingerprint density at radius 1 is 1.12 bits per heavy atom. The van der Waals surface area contributed by atoms with Crippen LogP contribution in [0.5, 0.6) is 0 Å². The van der Waals surface area contributed by atoms with Gasteiger partial charge < -0.3 is 20.0 Å². The maximum Gasteiger partial charge on any atom is 0.326 e. The van der Waals surface area contributed by atoms with Gasteiger partial charge in [-0.3, -0.25) is 4.79 Å². The highest BCUT2D eigenvalue weighted by atomic mass is 16.6. The van der Waals surface area contributed by atoms with E-state index in [1.165, 1.54) is 29.7 Å². The van der Waals surface area contributed by atoms with Gasteiger partial charge in [0.25, 0.3) is 5.91 Å². The fraction of sp³-hybridized carbons (Fsp3) is 0.808. The molecule has 3 saturated carbocycles. The van der Waals surface area contributed by atoms with Gasteiger partial charge in [0.15, 0.2) is 6.61 Å². The molecule has 5 rings (SSSR count). The molecule has 4 aliphatic carbocycles. The average Bonchev–Trinajstić information content (AvgIpc) is 3.39. The van der Waals surface area contributed by atoms with E-state index in [1.54, 1.807) is 0 Å². The summed E-state index contributed by atoms with van der Waals surface area (Å²) in [6, 6.07) is -0.736. The third-order valence-corrected chi connectivity index (χ3v) is 10.2. The Labute approximate surface area is 196 Å². The minimum absolute atomic E-state index is 0.107. The van der Waals surface area contributed by atoms with Crippen LogP contribution in [-0.2, 0) is 14.4 Å². The molecule has 0 unspecified atom stereocenters. The fourth-order valence-corrected chi connectivity index (χ4v) is 8.19. The third kappa shape index (κ3) is 3.71. The molecule has 0 spiro atoms. The molecule has 0 radical (unpaired) electrons. The molecule has 0 aromatic rings. The maximum absolute atomic E-state index is 12.4. The highest BCUT2D eigenvalue weighted by Crippen LogP contribution is 2.65. The van der Waals surface area contributed by atoms with Crippen molar-refractivity contribution in [3.8, 4) is 0 Å². The monoisotopic (exact) mass is 458 g/mol. The van der Waals surface area contributed by atoms with Crippen LogP contribution in [0.3, 0.4) is 0 Å². The number of carbonyl (C=O) groups is 2. The van der Waals surface area contributed by atoms with Crippen LogP contribution in [0.2, 0.25) is 0 Å². The lowest BCUT2D eigenvalue weighted by atomic mass is 9.47. The number of oxime groups is 1. The lowest BCUT2D eigenvalue weighted by molar-refractivity contribution is -0.150. The van der Waals surface area contributed by atoms with Crippen molar-refractivity contribution in [3.05, 3.63) is 11.6 Å². The smallest absolute Gasteiger partial charge is 0.326 e. The van der Waals surface area contributed by atoms with E-state index >= 15 is 0 Å². The first kappa shape index (κ1) is 22.9. The third-order valence-electron chi connectivity index (χ3n) is 10.2. The minimum Gasteiger partial charge on any atom is -0.480 e. The number of amides is 1. The Hall–Kier alpha value is -1.89. The summed E-state index contributed by atoms with van der Waals surface area (Å²) in [6.07, 6.45) is 11.9. The second kappa shape index (κ2) is 8.40. The quantitative estimate of drug-likeness (QED) is 0.625. The van der Waals surface area contributed by atoms with Crippen LogP contribution in [0, 0.1) is 28.6 Å². The first-order valence-corrected chi connectivity index (χ1v) is 12.8. The van der Waals surface area contributed by atoms with Crippen LogP contribution in [0.25, 0.3) is 0 Å². The number of hydrogen-bond donors (Lipinski definition) is 2. The fourth-order valence-electron chi connectivity index (χ4n) is 8.19. The van der Waals surface area contributed by atoms with Crippen molar-refractivity contribution >= 4 is 17.6 Å². The number of likely N-dealkylation sites (tertiary alicyclic amines) is 1. The number of nitrogens with zero attached hydrogens (tertiary/aromatic N) is 2. The number of carbonyl (C=O) groups excluding carboxylic acids is 1. The molecule has 1 saturated heterocycles. The summed E-state index contributed by atoms with van der Waals surface area (Å²) < 4.78 is 0. The molecule has 1 aliphatic heterocycles. The van der Waals surface area contributed by atoms with Crippen molar-refractivity contribution in [2.24, 2.45) is 33.7 Å². The first-order chi connectivity index (χ1) is 15.7. The number of rotatable bonds is 4. The summed E-state index contributed by atoms with van der Waals surface area (Å²) in [5.41, 5.74) is 2.66. The number of carboxylic acids is 1. The van der Waals surface area contributed by atoms with Crippen LogP contribution in [0.15, 0.2) is 16.8 Å². The number of aliphatic hydroxyl groups excluding tert-OH is 1. The molecular formula is C26H38N2O5. The van der Waals surface area contributed by atoms with Crippen LogP contribution in [0.1, 0.15) is 78.1 Å². The van der Waals surface area contributed by atoms with Crippen molar-refractivity contribution < 1.29 is 24.6 Å². The Morgan fingerprint density at radius 3 is 2.73 bits per heavy atom. The highest BCUT2D eigenvalue weighted by Gasteiger charge is 2.58. The summed E-state index contributed by atoms with van der Waals surface area (Å²) in [5, 5.41) is 24.2. The number of allylic oxidation sites excluding steroid dienone is 2. The molecule has 1 amide bonds. The molecule has 7 nitrogen and oxygen atoms in total. The zero-order valence-corrected chi connectivity index (χ0v) is 20.0. The number of fused-ring (bicyclic) bond motifs is 5. The van der Waals surface area contributed by atoms with E-state index < -0.39 is 12.0 Å². The Balaban J connectivity index is 1.24. The van der Waals surface area contributed by atoms with Crippen molar-refractivity contribution in [2.75, 3.05) is 13.2 Å². The Kier molecular flexibility index (Phi) is 5.82. The van der Waals surface area contributed by atoms with Gasteiger partial charge in [0, 0.05) is 6.54 Å². The van der Waals surface area contributed by atoms with Crippen molar-refractivity contribution in [2.45, 2.75) is 90.2 Å². The zero-order valence-electron chi connectivity index (χ0n) is 20.0. The molecule has 2 N–H and O–H groups in total. The van der Waals surface area contributed by atoms with Crippen LogP contribution < -0.4 is 0 Å².